The van der Waals surface area contributed by atoms with Gasteiger partial charge in [0.25, 0.3) is 0 Å². The van der Waals surface area contributed by atoms with Gasteiger partial charge in [0.15, 0.2) is 5.78 Å². The normalized spacial score (nSPS) is 33.0. The number of hydrogen-bond acceptors (Lipinski definition) is 3. The summed E-state index contributed by atoms with van der Waals surface area (Å²) in [5.74, 6) is -0.482. The highest BCUT2D eigenvalue weighted by molar-refractivity contribution is 6.05. The molecule has 2 N–H and O–H groups in total. The van der Waals surface area contributed by atoms with E-state index in [9.17, 15) is 14.7 Å². The number of aliphatic hydroxyl groups excluding tert-OH is 1. The Morgan fingerprint density at radius 3 is 2.64 bits per heavy atom. The van der Waals surface area contributed by atoms with Crippen LogP contribution in [0.5, 0.6) is 0 Å². The maximum Gasteiger partial charge on any atom is 0.223 e. The zero-order valence-electron chi connectivity index (χ0n) is 14.1. The van der Waals surface area contributed by atoms with E-state index in [4.69, 9.17) is 0 Å². The molecule has 0 bridgehead atoms. The first-order valence-electron chi connectivity index (χ1n) is 8.10. The molecule has 0 saturated heterocycles. The summed E-state index contributed by atoms with van der Waals surface area (Å²) < 4.78 is 0. The number of nitrogens with one attached hydrogen (secondary N) is 1. The van der Waals surface area contributed by atoms with Crippen molar-refractivity contribution in [2.75, 3.05) is 0 Å². The first-order chi connectivity index (χ1) is 10.2. The van der Waals surface area contributed by atoms with E-state index in [1.165, 1.54) is 0 Å². The molecule has 1 fully saturated rings. The van der Waals surface area contributed by atoms with Gasteiger partial charge in [0, 0.05) is 23.3 Å². The van der Waals surface area contributed by atoms with Gasteiger partial charge in [-0.25, -0.2) is 0 Å². The molecular formula is C18H27NO3. The summed E-state index contributed by atoms with van der Waals surface area (Å²) in [6.45, 7) is 9.56. The van der Waals surface area contributed by atoms with Gasteiger partial charge in [-0.05, 0) is 50.8 Å². The van der Waals surface area contributed by atoms with Crippen LogP contribution in [0.15, 0.2) is 23.3 Å². The Bertz CT molecular complexity index is 547. The van der Waals surface area contributed by atoms with E-state index < -0.39 is 6.10 Å². The Hall–Kier alpha value is -1.42. The van der Waals surface area contributed by atoms with Crippen molar-refractivity contribution >= 4 is 11.7 Å². The summed E-state index contributed by atoms with van der Waals surface area (Å²) in [6, 6.07) is 0.0843. The minimum atomic E-state index is -0.736. The third-order valence-corrected chi connectivity index (χ3v) is 5.18. The number of fused-ring (bicyclic) bond motifs is 1. The number of hydrogen-bond donors (Lipinski definition) is 2. The van der Waals surface area contributed by atoms with Crippen molar-refractivity contribution < 1.29 is 14.7 Å². The summed E-state index contributed by atoms with van der Waals surface area (Å²) in [4.78, 5) is 24.2. The zero-order valence-corrected chi connectivity index (χ0v) is 14.1. The fraction of sp³-hybridized carbons (Fsp3) is 0.667. The van der Waals surface area contributed by atoms with Crippen LogP contribution in [0, 0.1) is 17.3 Å². The fourth-order valence-electron chi connectivity index (χ4n) is 3.79. The minimum Gasteiger partial charge on any atom is -0.388 e. The van der Waals surface area contributed by atoms with Gasteiger partial charge in [0.05, 0.1) is 6.10 Å². The molecular weight excluding hydrogens is 278 g/mol. The number of rotatable bonds is 3. The Morgan fingerprint density at radius 2 is 2.05 bits per heavy atom. The van der Waals surface area contributed by atoms with E-state index in [1.807, 2.05) is 26.8 Å². The average Bonchev–Trinajstić information content (AvgIpc) is 2.42. The van der Waals surface area contributed by atoms with Crippen LogP contribution in [0.1, 0.15) is 47.5 Å². The van der Waals surface area contributed by atoms with Crippen molar-refractivity contribution in [3.63, 3.8) is 0 Å². The Morgan fingerprint density at radius 1 is 1.41 bits per heavy atom. The van der Waals surface area contributed by atoms with Gasteiger partial charge < -0.3 is 10.4 Å². The van der Waals surface area contributed by atoms with Gasteiger partial charge in [-0.15, -0.1) is 0 Å². The standard InChI is InChI=1S/C18H27NO3/c1-10(2)19-17(22)11(3)13-6-8-18(5)9-7-14(20)12(4)15(18)16(13)21/h7,9-11,13,16,21H,6,8H2,1-5H3,(H,19,22). The van der Waals surface area contributed by atoms with Crippen LogP contribution < -0.4 is 5.32 Å². The first-order valence-corrected chi connectivity index (χ1v) is 8.10. The van der Waals surface area contributed by atoms with Crippen LogP contribution in [-0.4, -0.2) is 28.9 Å². The highest BCUT2D eigenvalue weighted by Gasteiger charge is 2.46. The second kappa shape index (κ2) is 5.99. The quantitative estimate of drug-likeness (QED) is 0.841. The van der Waals surface area contributed by atoms with E-state index in [1.54, 1.807) is 13.0 Å². The molecule has 122 valence electrons. The molecule has 1 saturated carbocycles. The topological polar surface area (TPSA) is 66.4 Å². The van der Waals surface area contributed by atoms with E-state index >= 15 is 0 Å². The maximum absolute atomic E-state index is 12.3. The van der Waals surface area contributed by atoms with E-state index in [0.717, 1.165) is 18.4 Å². The zero-order chi connectivity index (χ0) is 16.7. The second-order valence-corrected chi connectivity index (χ2v) is 7.25. The fourth-order valence-corrected chi connectivity index (χ4v) is 3.79. The lowest BCUT2D eigenvalue weighted by Crippen LogP contribution is -2.47. The summed E-state index contributed by atoms with van der Waals surface area (Å²) in [5.41, 5.74) is 1.18. The van der Waals surface area contributed by atoms with Crippen LogP contribution in [0.3, 0.4) is 0 Å². The van der Waals surface area contributed by atoms with Gasteiger partial charge in [-0.2, -0.15) is 0 Å². The number of amides is 1. The molecule has 1 amide bonds. The third-order valence-electron chi connectivity index (χ3n) is 5.18. The lowest BCUT2D eigenvalue weighted by molar-refractivity contribution is -0.128. The number of carbonyl (C=O) groups is 2. The van der Waals surface area contributed by atoms with Crippen LogP contribution >= 0.6 is 0 Å². The molecule has 0 aliphatic heterocycles. The molecule has 22 heavy (non-hydrogen) atoms. The van der Waals surface area contributed by atoms with Crippen LogP contribution in [-0.2, 0) is 9.59 Å². The van der Waals surface area contributed by atoms with Gasteiger partial charge in [0.1, 0.15) is 0 Å². The van der Waals surface area contributed by atoms with Gasteiger partial charge in [-0.1, -0.05) is 19.9 Å². The monoisotopic (exact) mass is 305 g/mol. The van der Waals surface area contributed by atoms with E-state index in [0.29, 0.717) is 5.57 Å². The van der Waals surface area contributed by atoms with Crippen molar-refractivity contribution in [3.05, 3.63) is 23.3 Å². The molecule has 2 rings (SSSR count). The molecule has 0 radical (unpaired) electrons. The number of carbonyl (C=O) groups excluding carboxylic acids is 2. The molecule has 0 heterocycles. The summed E-state index contributed by atoms with van der Waals surface area (Å²) in [6.07, 6.45) is 4.42. The molecule has 4 unspecified atom stereocenters. The molecule has 4 nitrogen and oxygen atoms in total. The smallest absolute Gasteiger partial charge is 0.223 e. The highest BCUT2D eigenvalue weighted by atomic mass is 16.3. The number of ketones is 1. The summed E-state index contributed by atoms with van der Waals surface area (Å²) >= 11 is 0. The molecule has 0 spiro atoms. The number of aliphatic hydroxyl groups is 1. The van der Waals surface area contributed by atoms with Crippen molar-refractivity contribution in [1.82, 2.24) is 5.32 Å². The third kappa shape index (κ3) is 2.89. The van der Waals surface area contributed by atoms with Crippen molar-refractivity contribution in [3.8, 4) is 0 Å². The van der Waals surface area contributed by atoms with E-state index in [2.05, 4.69) is 12.2 Å². The predicted molar refractivity (Wildman–Crippen MR) is 86.1 cm³/mol. The summed E-state index contributed by atoms with van der Waals surface area (Å²) in [5, 5.41) is 13.8. The lowest BCUT2D eigenvalue weighted by Gasteiger charge is -2.45. The number of allylic oxidation sites excluding steroid dienone is 3. The van der Waals surface area contributed by atoms with Crippen LogP contribution in [0.4, 0.5) is 0 Å². The van der Waals surface area contributed by atoms with Crippen molar-refractivity contribution in [1.29, 1.82) is 0 Å². The molecule has 2 aliphatic carbocycles. The Kier molecular flexibility index (Phi) is 4.62. The summed E-state index contributed by atoms with van der Waals surface area (Å²) in [7, 11) is 0. The van der Waals surface area contributed by atoms with E-state index in [-0.39, 0.29) is 35.0 Å². The molecule has 2 aliphatic rings. The van der Waals surface area contributed by atoms with Crippen molar-refractivity contribution in [2.24, 2.45) is 17.3 Å². The SMILES string of the molecule is CC1=C2C(O)C(C(C)C(=O)NC(C)C)CCC2(C)C=CC1=O. The molecule has 4 heteroatoms. The van der Waals surface area contributed by atoms with Crippen LogP contribution in [0.2, 0.25) is 0 Å². The largest absolute Gasteiger partial charge is 0.388 e. The van der Waals surface area contributed by atoms with Gasteiger partial charge >= 0.3 is 0 Å². The van der Waals surface area contributed by atoms with Gasteiger partial charge in [0.2, 0.25) is 5.91 Å². The van der Waals surface area contributed by atoms with Crippen molar-refractivity contribution in [2.45, 2.75) is 59.6 Å². The van der Waals surface area contributed by atoms with Gasteiger partial charge in [-0.3, -0.25) is 9.59 Å². The predicted octanol–water partition coefficient (Wildman–Crippen LogP) is 2.38. The molecule has 0 aromatic carbocycles. The average molecular weight is 305 g/mol. The maximum atomic E-state index is 12.3. The Labute approximate surface area is 132 Å². The minimum absolute atomic E-state index is 0.0291. The molecule has 0 aromatic heterocycles. The first kappa shape index (κ1) is 16.9. The Balaban J connectivity index is 2.27. The second-order valence-electron chi connectivity index (χ2n) is 7.25. The van der Waals surface area contributed by atoms with Crippen LogP contribution in [0.25, 0.3) is 0 Å². The lowest BCUT2D eigenvalue weighted by atomic mass is 9.61. The highest BCUT2D eigenvalue weighted by Crippen LogP contribution is 2.49. The molecule has 4 atom stereocenters. The molecule has 0 aromatic rings.